The van der Waals surface area contributed by atoms with Crippen LogP contribution in [0.15, 0.2) is 67.3 Å². The van der Waals surface area contributed by atoms with E-state index in [1.165, 1.54) is 0 Å². The third-order valence-corrected chi connectivity index (χ3v) is 5.84. The highest BCUT2D eigenvalue weighted by Gasteiger charge is 2.32. The Hall–Kier alpha value is -3.38. The number of rotatable bonds is 4. The molecule has 0 unspecified atom stereocenters. The molecule has 154 valence electrons. The second-order valence-electron chi connectivity index (χ2n) is 7.63. The topological polar surface area (TPSA) is 71.9 Å². The first-order valence-electron chi connectivity index (χ1n) is 10.2. The van der Waals surface area contributed by atoms with Crippen LogP contribution in [-0.2, 0) is 13.0 Å². The average molecular weight is 430 g/mol. The first kappa shape index (κ1) is 19.6. The van der Waals surface area contributed by atoms with Crippen LogP contribution in [0.4, 0.5) is 0 Å². The fourth-order valence-electron chi connectivity index (χ4n) is 4.16. The highest BCUT2D eigenvalue weighted by atomic mass is 35.5. The van der Waals surface area contributed by atoms with E-state index < -0.39 is 0 Å². The summed E-state index contributed by atoms with van der Waals surface area (Å²) in [6, 6.07) is 13.2. The van der Waals surface area contributed by atoms with Gasteiger partial charge in [0.25, 0.3) is 5.91 Å². The number of fused-ring (bicyclic) bond motifs is 2. The van der Waals surface area contributed by atoms with Crippen molar-refractivity contribution in [1.82, 2.24) is 24.8 Å². The van der Waals surface area contributed by atoms with E-state index >= 15 is 0 Å². The summed E-state index contributed by atoms with van der Waals surface area (Å²) >= 11 is 6.09. The number of nitrogens with zero attached hydrogens (tertiary/aromatic N) is 5. The van der Waals surface area contributed by atoms with E-state index in [9.17, 15) is 4.79 Å². The Bertz CT molecular complexity index is 1250. The molecule has 0 bridgehead atoms. The number of hydrogen-bond acceptors (Lipinski definition) is 5. The quantitative estimate of drug-likeness (QED) is 0.436. The summed E-state index contributed by atoms with van der Waals surface area (Å²) in [5, 5.41) is 1.46. The fourth-order valence-corrected chi connectivity index (χ4v) is 4.32. The van der Waals surface area contributed by atoms with Crippen molar-refractivity contribution in [3.63, 3.8) is 0 Å². The molecule has 1 aliphatic carbocycles. The molecule has 4 aromatic rings. The zero-order chi connectivity index (χ0) is 21.2. The maximum Gasteiger partial charge on any atom is 0.256 e. The Morgan fingerprint density at radius 1 is 1.10 bits per heavy atom. The number of halogens is 1. The molecule has 3 heterocycles. The Balaban J connectivity index is 1.55. The molecule has 3 aromatic heterocycles. The van der Waals surface area contributed by atoms with Gasteiger partial charge in [0.2, 0.25) is 0 Å². The maximum atomic E-state index is 13.6. The van der Waals surface area contributed by atoms with Gasteiger partial charge < -0.3 is 4.90 Å². The van der Waals surface area contributed by atoms with Crippen molar-refractivity contribution in [1.29, 1.82) is 0 Å². The lowest BCUT2D eigenvalue weighted by Crippen LogP contribution is -2.37. The van der Waals surface area contributed by atoms with E-state index in [4.69, 9.17) is 11.6 Å². The molecule has 0 fully saturated rings. The zero-order valence-electron chi connectivity index (χ0n) is 16.8. The van der Waals surface area contributed by atoms with E-state index in [2.05, 4.69) is 19.9 Å². The molecule has 1 atom stereocenters. The van der Waals surface area contributed by atoms with Crippen LogP contribution < -0.4 is 0 Å². The molecule has 0 aliphatic heterocycles. The third kappa shape index (κ3) is 3.99. The highest BCUT2D eigenvalue weighted by molar-refractivity contribution is 6.29. The van der Waals surface area contributed by atoms with Crippen LogP contribution in [0.3, 0.4) is 0 Å². The van der Waals surface area contributed by atoms with Crippen molar-refractivity contribution in [2.45, 2.75) is 31.8 Å². The van der Waals surface area contributed by atoms with Crippen LogP contribution in [0, 0.1) is 0 Å². The van der Waals surface area contributed by atoms with Crippen molar-refractivity contribution in [2.24, 2.45) is 0 Å². The lowest BCUT2D eigenvalue weighted by molar-refractivity contribution is 0.0631. The van der Waals surface area contributed by atoms with Gasteiger partial charge in [0, 0.05) is 36.7 Å². The van der Waals surface area contributed by atoms with Gasteiger partial charge in [0.1, 0.15) is 5.15 Å². The van der Waals surface area contributed by atoms with Gasteiger partial charge in [-0.1, -0.05) is 23.7 Å². The number of amides is 1. The number of hydrogen-bond donors (Lipinski definition) is 0. The number of carbonyl (C=O) groups excluding carboxylic acids is 1. The van der Waals surface area contributed by atoms with Gasteiger partial charge in [0.15, 0.2) is 0 Å². The largest absolute Gasteiger partial charge is 0.326 e. The van der Waals surface area contributed by atoms with Gasteiger partial charge in [0.05, 0.1) is 28.5 Å². The molecule has 5 rings (SSSR count). The van der Waals surface area contributed by atoms with Crippen molar-refractivity contribution >= 4 is 28.4 Å². The lowest BCUT2D eigenvalue weighted by Gasteiger charge is -2.34. The SMILES string of the molecule is O=C(c1cccnc1)N(Cc1ccc2ccc(Cl)nc2c1)[C@@H]1CCCc2nccnc21. The van der Waals surface area contributed by atoms with Gasteiger partial charge in [-0.05, 0) is 55.2 Å². The summed E-state index contributed by atoms with van der Waals surface area (Å²) in [4.78, 5) is 33.1. The molecule has 6 nitrogen and oxygen atoms in total. The van der Waals surface area contributed by atoms with Crippen molar-refractivity contribution in [3.8, 4) is 0 Å². The summed E-state index contributed by atoms with van der Waals surface area (Å²) in [6.07, 6.45) is 9.38. The second-order valence-corrected chi connectivity index (χ2v) is 8.02. The van der Waals surface area contributed by atoms with E-state index in [1.54, 1.807) is 43.0 Å². The number of pyridine rings is 2. The van der Waals surface area contributed by atoms with Gasteiger partial charge in [-0.2, -0.15) is 0 Å². The number of carbonyl (C=O) groups is 1. The average Bonchev–Trinajstić information content (AvgIpc) is 2.82. The summed E-state index contributed by atoms with van der Waals surface area (Å²) < 4.78 is 0. The summed E-state index contributed by atoms with van der Waals surface area (Å²) in [5.74, 6) is -0.0734. The van der Waals surface area contributed by atoms with Gasteiger partial charge in [-0.3, -0.25) is 19.7 Å². The van der Waals surface area contributed by atoms with E-state index in [-0.39, 0.29) is 11.9 Å². The molecule has 0 saturated heterocycles. The van der Waals surface area contributed by atoms with E-state index in [1.807, 2.05) is 29.2 Å². The molecular formula is C24H20ClN5O. The predicted molar refractivity (Wildman–Crippen MR) is 119 cm³/mol. The Morgan fingerprint density at radius 3 is 2.84 bits per heavy atom. The van der Waals surface area contributed by atoms with Crippen LogP contribution in [0.1, 0.15) is 46.2 Å². The Kier molecular flexibility index (Phi) is 5.30. The molecular weight excluding hydrogens is 410 g/mol. The predicted octanol–water partition coefficient (Wildman–Crippen LogP) is 4.79. The minimum absolute atomic E-state index is 0.0734. The van der Waals surface area contributed by atoms with Crippen LogP contribution in [0.5, 0.6) is 0 Å². The van der Waals surface area contributed by atoms with Crippen molar-refractivity contribution < 1.29 is 4.79 Å². The lowest BCUT2D eigenvalue weighted by atomic mass is 9.93. The smallest absolute Gasteiger partial charge is 0.256 e. The number of aromatic nitrogens is 4. The molecule has 7 heteroatoms. The summed E-state index contributed by atoms with van der Waals surface area (Å²) in [5.41, 5.74) is 4.20. The first-order valence-corrected chi connectivity index (χ1v) is 10.6. The molecule has 0 saturated carbocycles. The van der Waals surface area contributed by atoms with Crippen molar-refractivity contribution in [2.75, 3.05) is 0 Å². The second kappa shape index (κ2) is 8.40. The van der Waals surface area contributed by atoms with E-state index in [0.29, 0.717) is 17.3 Å². The molecule has 1 aliphatic rings. The molecule has 0 N–H and O–H groups in total. The maximum absolute atomic E-state index is 13.6. The minimum atomic E-state index is -0.145. The zero-order valence-corrected chi connectivity index (χ0v) is 17.5. The van der Waals surface area contributed by atoms with Crippen LogP contribution >= 0.6 is 11.6 Å². The van der Waals surface area contributed by atoms with Crippen LogP contribution in [0.2, 0.25) is 5.15 Å². The van der Waals surface area contributed by atoms with Crippen LogP contribution in [-0.4, -0.2) is 30.7 Å². The minimum Gasteiger partial charge on any atom is -0.326 e. The summed E-state index contributed by atoms with van der Waals surface area (Å²) in [6.45, 7) is 0.429. The molecule has 31 heavy (non-hydrogen) atoms. The Morgan fingerprint density at radius 2 is 1.97 bits per heavy atom. The number of aryl methyl sites for hydroxylation is 1. The molecule has 0 radical (unpaired) electrons. The monoisotopic (exact) mass is 429 g/mol. The third-order valence-electron chi connectivity index (χ3n) is 5.63. The first-order chi connectivity index (χ1) is 15.2. The van der Waals surface area contributed by atoms with Gasteiger partial charge in [-0.15, -0.1) is 0 Å². The van der Waals surface area contributed by atoms with Crippen LogP contribution in [0.25, 0.3) is 10.9 Å². The number of benzene rings is 1. The summed E-state index contributed by atoms with van der Waals surface area (Å²) in [7, 11) is 0. The normalized spacial score (nSPS) is 15.5. The highest BCUT2D eigenvalue weighted by Crippen LogP contribution is 2.34. The molecule has 1 amide bonds. The standard InChI is InChI=1S/C24H20ClN5O/c25-22-9-8-17-7-6-16(13-20(17)29-22)15-30(24(31)18-3-2-10-26-14-18)21-5-1-4-19-23(21)28-12-11-27-19/h2-3,6-14,21H,1,4-5,15H2/t21-/m1/s1. The molecule has 1 aromatic carbocycles. The van der Waals surface area contributed by atoms with Gasteiger partial charge in [-0.25, -0.2) is 4.98 Å². The van der Waals surface area contributed by atoms with Gasteiger partial charge >= 0.3 is 0 Å². The van der Waals surface area contributed by atoms with E-state index in [0.717, 1.165) is 47.1 Å². The Labute approximate surface area is 185 Å². The van der Waals surface area contributed by atoms with Crippen molar-refractivity contribution in [3.05, 3.63) is 94.9 Å². The molecule has 0 spiro atoms. The fraction of sp³-hybridized carbons (Fsp3) is 0.208.